The average molecular weight is 234 g/mol. The fourth-order valence-corrected chi connectivity index (χ4v) is 1.20. The molecular formula is C12H10O5. The number of carboxylic acids is 1. The van der Waals surface area contributed by atoms with E-state index in [9.17, 15) is 9.59 Å². The quantitative estimate of drug-likeness (QED) is 0.608. The third-order valence-corrected chi connectivity index (χ3v) is 1.94. The molecule has 0 atom stereocenters. The summed E-state index contributed by atoms with van der Waals surface area (Å²) in [7, 11) is 2.56. The van der Waals surface area contributed by atoms with Gasteiger partial charge in [-0.05, 0) is 12.1 Å². The highest BCUT2D eigenvalue weighted by Crippen LogP contribution is 2.21. The Kier molecular flexibility index (Phi) is 4.12. The Balaban J connectivity index is 3.27. The zero-order chi connectivity index (χ0) is 12.8. The van der Waals surface area contributed by atoms with E-state index >= 15 is 0 Å². The summed E-state index contributed by atoms with van der Waals surface area (Å²) in [6.07, 6.45) is 0. The molecule has 0 spiro atoms. The van der Waals surface area contributed by atoms with Crippen LogP contribution >= 0.6 is 0 Å². The molecule has 0 bridgehead atoms. The molecule has 5 nitrogen and oxygen atoms in total. The minimum Gasteiger partial charge on any atom is -0.496 e. The number of carboxylic acid groups (broad SMARTS) is 1. The number of ether oxygens (including phenoxy) is 2. The van der Waals surface area contributed by atoms with Crippen molar-refractivity contribution in [2.45, 2.75) is 0 Å². The molecule has 0 heterocycles. The van der Waals surface area contributed by atoms with Crippen molar-refractivity contribution in [2.24, 2.45) is 0 Å². The standard InChI is InChI=1S/C12H10O5/c1-16-9-5-3-4-8(11(9)12(14)15)6-7-10(13)17-2/h3-5H,1-2H3,(H,14,15). The predicted molar refractivity (Wildman–Crippen MR) is 58.8 cm³/mol. The molecule has 0 aliphatic rings. The van der Waals surface area contributed by atoms with Crippen LogP contribution in [-0.2, 0) is 9.53 Å². The number of carbonyl (C=O) groups excluding carboxylic acids is 1. The lowest BCUT2D eigenvalue weighted by Crippen LogP contribution is -2.04. The van der Waals surface area contributed by atoms with Crippen molar-refractivity contribution >= 4 is 11.9 Å². The maximum Gasteiger partial charge on any atom is 0.384 e. The lowest BCUT2D eigenvalue weighted by molar-refractivity contribution is -0.133. The molecule has 88 valence electrons. The van der Waals surface area contributed by atoms with E-state index in [1.807, 2.05) is 0 Å². The Bertz CT molecular complexity index is 507. The third-order valence-electron chi connectivity index (χ3n) is 1.94. The molecule has 5 heteroatoms. The first kappa shape index (κ1) is 12.6. The van der Waals surface area contributed by atoms with Crippen molar-refractivity contribution in [2.75, 3.05) is 14.2 Å². The molecule has 0 saturated heterocycles. The van der Waals surface area contributed by atoms with Crippen LogP contribution in [0.25, 0.3) is 0 Å². The van der Waals surface area contributed by atoms with Gasteiger partial charge >= 0.3 is 11.9 Å². The van der Waals surface area contributed by atoms with Gasteiger partial charge in [-0.1, -0.05) is 12.0 Å². The summed E-state index contributed by atoms with van der Waals surface area (Å²) in [5.74, 6) is 2.89. The maximum atomic E-state index is 11.1. The van der Waals surface area contributed by atoms with Crippen LogP contribution in [0, 0.1) is 11.8 Å². The highest BCUT2D eigenvalue weighted by Gasteiger charge is 2.14. The minimum absolute atomic E-state index is 0.0774. The topological polar surface area (TPSA) is 72.8 Å². The lowest BCUT2D eigenvalue weighted by atomic mass is 10.1. The molecule has 0 radical (unpaired) electrons. The zero-order valence-corrected chi connectivity index (χ0v) is 9.31. The highest BCUT2D eigenvalue weighted by atomic mass is 16.5. The van der Waals surface area contributed by atoms with Gasteiger partial charge in [0.25, 0.3) is 0 Å². The molecule has 1 aromatic carbocycles. The number of aromatic carboxylic acids is 1. The van der Waals surface area contributed by atoms with E-state index in [2.05, 4.69) is 16.6 Å². The smallest absolute Gasteiger partial charge is 0.384 e. The Labute approximate surface area is 98.0 Å². The van der Waals surface area contributed by atoms with E-state index in [-0.39, 0.29) is 16.9 Å². The number of methoxy groups -OCH3 is 2. The second-order valence-electron chi connectivity index (χ2n) is 2.93. The van der Waals surface area contributed by atoms with Gasteiger partial charge in [-0.15, -0.1) is 0 Å². The summed E-state index contributed by atoms with van der Waals surface area (Å²) in [6.45, 7) is 0. The van der Waals surface area contributed by atoms with Gasteiger partial charge in [-0.2, -0.15) is 0 Å². The summed E-state index contributed by atoms with van der Waals surface area (Å²) in [5.41, 5.74) is 0.119. The normalized spacial score (nSPS) is 8.82. The number of esters is 1. The molecular weight excluding hydrogens is 224 g/mol. The lowest BCUT2D eigenvalue weighted by Gasteiger charge is -2.05. The molecule has 0 aliphatic heterocycles. The summed E-state index contributed by atoms with van der Waals surface area (Å²) in [5, 5.41) is 9.04. The van der Waals surface area contributed by atoms with E-state index in [4.69, 9.17) is 9.84 Å². The second-order valence-corrected chi connectivity index (χ2v) is 2.93. The maximum absolute atomic E-state index is 11.1. The second kappa shape index (κ2) is 5.56. The first-order valence-electron chi connectivity index (χ1n) is 4.60. The van der Waals surface area contributed by atoms with Crippen molar-refractivity contribution in [1.82, 2.24) is 0 Å². The highest BCUT2D eigenvalue weighted by molar-refractivity contribution is 5.95. The van der Waals surface area contributed by atoms with Gasteiger partial charge in [-0.3, -0.25) is 0 Å². The van der Waals surface area contributed by atoms with Crippen LogP contribution in [0.1, 0.15) is 15.9 Å². The van der Waals surface area contributed by atoms with Crippen LogP contribution in [-0.4, -0.2) is 31.3 Å². The van der Waals surface area contributed by atoms with Crippen LogP contribution in [0.15, 0.2) is 18.2 Å². The van der Waals surface area contributed by atoms with Gasteiger partial charge in [0, 0.05) is 11.5 Å². The molecule has 1 N–H and O–H groups in total. The largest absolute Gasteiger partial charge is 0.496 e. The SMILES string of the molecule is COC(=O)C#Cc1cccc(OC)c1C(=O)O. The molecule has 1 rings (SSSR count). The van der Waals surface area contributed by atoms with E-state index in [1.54, 1.807) is 6.07 Å². The van der Waals surface area contributed by atoms with Gasteiger partial charge in [0.1, 0.15) is 11.3 Å². The van der Waals surface area contributed by atoms with E-state index in [1.165, 1.54) is 26.4 Å². The van der Waals surface area contributed by atoms with Crippen LogP contribution < -0.4 is 4.74 Å². The van der Waals surface area contributed by atoms with Crippen LogP contribution in [0.3, 0.4) is 0 Å². The summed E-state index contributed by atoms with van der Waals surface area (Å²) < 4.78 is 9.25. The molecule has 0 amide bonds. The van der Waals surface area contributed by atoms with Crippen molar-refractivity contribution in [3.63, 3.8) is 0 Å². The molecule has 17 heavy (non-hydrogen) atoms. The number of hydrogen-bond acceptors (Lipinski definition) is 4. The van der Waals surface area contributed by atoms with E-state index < -0.39 is 11.9 Å². The molecule has 0 unspecified atom stereocenters. The Morgan fingerprint density at radius 2 is 2.00 bits per heavy atom. The molecule has 0 fully saturated rings. The fourth-order valence-electron chi connectivity index (χ4n) is 1.20. The molecule has 0 aliphatic carbocycles. The number of hydrogen-bond donors (Lipinski definition) is 1. The van der Waals surface area contributed by atoms with Crippen LogP contribution in [0.4, 0.5) is 0 Å². The van der Waals surface area contributed by atoms with E-state index in [0.29, 0.717) is 0 Å². The Hall–Kier alpha value is -2.48. The average Bonchev–Trinajstić information content (AvgIpc) is 2.34. The zero-order valence-electron chi connectivity index (χ0n) is 9.31. The van der Waals surface area contributed by atoms with Crippen LogP contribution in [0.5, 0.6) is 5.75 Å². The predicted octanol–water partition coefficient (Wildman–Crippen LogP) is 0.918. The van der Waals surface area contributed by atoms with Crippen molar-refractivity contribution in [3.05, 3.63) is 29.3 Å². The van der Waals surface area contributed by atoms with Crippen molar-refractivity contribution < 1.29 is 24.2 Å². The number of rotatable bonds is 2. The molecule has 0 saturated carbocycles. The monoisotopic (exact) mass is 234 g/mol. The van der Waals surface area contributed by atoms with Gasteiger partial charge in [0.15, 0.2) is 0 Å². The number of benzene rings is 1. The van der Waals surface area contributed by atoms with Gasteiger partial charge in [0.05, 0.1) is 14.2 Å². The number of carbonyl (C=O) groups is 2. The third kappa shape index (κ3) is 2.98. The summed E-state index contributed by atoms with van der Waals surface area (Å²) in [4.78, 5) is 21.9. The van der Waals surface area contributed by atoms with Gasteiger partial charge < -0.3 is 14.6 Å². The molecule has 0 aromatic heterocycles. The van der Waals surface area contributed by atoms with E-state index in [0.717, 1.165) is 0 Å². The minimum atomic E-state index is -1.17. The fraction of sp³-hybridized carbons (Fsp3) is 0.167. The summed E-state index contributed by atoms with van der Waals surface area (Å²) in [6, 6.07) is 4.58. The van der Waals surface area contributed by atoms with Crippen molar-refractivity contribution in [1.29, 1.82) is 0 Å². The summed E-state index contributed by atoms with van der Waals surface area (Å²) >= 11 is 0. The Morgan fingerprint density at radius 1 is 1.29 bits per heavy atom. The Morgan fingerprint density at radius 3 is 2.53 bits per heavy atom. The molecule has 1 aromatic rings. The van der Waals surface area contributed by atoms with Crippen molar-refractivity contribution in [3.8, 4) is 17.6 Å². The van der Waals surface area contributed by atoms with Gasteiger partial charge in [0.2, 0.25) is 0 Å². The first-order valence-corrected chi connectivity index (χ1v) is 4.60. The first-order chi connectivity index (χ1) is 8.10. The van der Waals surface area contributed by atoms with Crippen LogP contribution in [0.2, 0.25) is 0 Å². The van der Waals surface area contributed by atoms with Gasteiger partial charge in [-0.25, -0.2) is 9.59 Å².